The maximum atomic E-state index is 9.70. The van der Waals surface area contributed by atoms with Crippen molar-refractivity contribution in [1.29, 1.82) is 0 Å². The third-order valence-electron chi connectivity index (χ3n) is 10.5. The van der Waals surface area contributed by atoms with Gasteiger partial charge in [0.05, 0.1) is 17.1 Å². The highest BCUT2D eigenvalue weighted by molar-refractivity contribution is 5.98. The molecule has 0 atom stereocenters. The highest BCUT2D eigenvalue weighted by Gasteiger charge is 2.52. The van der Waals surface area contributed by atoms with Gasteiger partial charge in [0.25, 0.3) is 0 Å². The molecule has 0 aliphatic carbocycles. The van der Waals surface area contributed by atoms with Gasteiger partial charge in [-0.05, 0) is 73.7 Å². The van der Waals surface area contributed by atoms with Crippen LogP contribution >= 0.6 is 0 Å². The van der Waals surface area contributed by atoms with E-state index in [0.717, 1.165) is 12.8 Å². The van der Waals surface area contributed by atoms with Crippen molar-refractivity contribution in [2.45, 2.75) is 123 Å². The van der Waals surface area contributed by atoms with Crippen LogP contribution in [0.15, 0.2) is 36.4 Å². The molecular formula is C38H49NO. The van der Waals surface area contributed by atoms with E-state index in [1.54, 1.807) is 0 Å². The molecule has 0 bridgehead atoms. The fourth-order valence-corrected chi connectivity index (χ4v) is 7.61. The molecule has 0 unspecified atom stereocenters. The smallest absolute Gasteiger partial charge is 0.0544 e. The van der Waals surface area contributed by atoms with Crippen LogP contribution in [0.4, 0.5) is 17.1 Å². The van der Waals surface area contributed by atoms with Gasteiger partial charge in [0.2, 0.25) is 0 Å². The number of benzene rings is 3. The first-order chi connectivity index (χ1) is 18.3. The molecule has 0 fully saturated rings. The molecule has 3 aliphatic heterocycles. The summed E-state index contributed by atoms with van der Waals surface area (Å²) in [6, 6.07) is 15.0. The van der Waals surface area contributed by atoms with Crippen LogP contribution in [0, 0.1) is 0 Å². The van der Waals surface area contributed by atoms with Gasteiger partial charge in [0, 0.05) is 22.9 Å². The molecule has 0 saturated carbocycles. The lowest BCUT2D eigenvalue weighted by Gasteiger charge is -2.56. The Morgan fingerprint density at radius 3 is 1.12 bits per heavy atom. The standard InChI is InChI=1S/C38H49NO/c1-34(2,3)23-18-27-32-29(20-23)38(11,12)30-21-24(35(4,5)6)19-28-33(30)39(32)31-25(36(27,7)8)16-22(14-13-15-40)17-26(31)37(28,9)10/h16-21,40H,13-15H2,1-12H3. The number of aliphatic hydroxyl groups excluding tert-OH is 1. The molecule has 212 valence electrons. The monoisotopic (exact) mass is 535 g/mol. The molecule has 3 aromatic carbocycles. The molecule has 3 aliphatic rings. The highest BCUT2D eigenvalue weighted by Crippen LogP contribution is 2.67. The van der Waals surface area contributed by atoms with Crippen molar-refractivity contribution in [3.63, 3.8) is 0 Å². The van der Waals surface area contributed by atoms with Gasteiger partial charge in [0.15, 0.2) is 0 Å². The Kier molecular flexibility index (Phi) is 5.54. The zero-order chi connectivity index (χ0) is 29.4. The molecule has 0 spiro atoms. The lowest BCUT2D eigenvalue weighted by atomic mass is 9.59. The minimum Gasteiger partial charge on any atom is -0.396 e. The molecule has 0 amide bonds. The number of anilines is 3. The van der Waals surface area contributed by atoms with Crippen LogP contribution in [0.3, 0.4) is 0 Å². The SMILES string of the molecule is CC(C)(C)c1cc2c3c(c1)C(C)(C)c1cc(C(C)(C)C)cc4c1N3c1c(cc(CCCO)cc1C4(C)C)C2(C)C. The number of aryl methyl sites for hydroxylation is 1. The molecule has 2 nitrogen and oxygen atoms in total. The maximum absolute atomic E-state index is 9.70. The molecule has 40 heavy (non-hydrogen) atoms. The van der Waals surface area contributed by atoms with Gasteiger partial charge in [-0.15, -0.1) is 0 Å². The Morgan fingerprint density at radius 2 is 0.850 bits per heavy atom. The number of aliphatic hydroxyl groups is 1. The van der Waals surface area contributed by atoms with Gasteiger partial charge in [-0.1, -0.05) is 119 Å². The Balaban J connectivity index is 1.82. The second-order valence-corrected chi connectivity index (χ2v) is 16.4. The second kappa shape index (κ2) is 8.03. The predicted molar refractivity (Wildman–Crippen MR) is 170 cm³/mol. The summed E-state index contributed by atoms with van der Waals surface area (Å²) < 4.78 is 0. The fraction of sp³-hybridized carbons (Fsp3) is 0.526. The lowest BCUT2D eigenvalue weighted by molar-refractivity contribution is 0.288. The van der Waals surface area contributed by atoms with Crippen LogP contribution in [-0.2, 0) is 33.5 Å². The van der Waals surface area contributed by atoms with E-state index in [0.29, 0.717) is 0 Å². The van der Waals surface area contributed by atoms with Crippen LogP contribution in [-0.4, -0.2) is 11.7 Å². The number of hydrogen-bond acceptors (Lipinski definition) is 2. The minimum absolute atomic E-state index is 0.0503. The van der Waals surface area contributed by atoms with Gasteiger partial charge in [-0.3, -0.25) is 0 Å². The molecule has 1 N–H and O–H groups in total. The van der Waals surface area contributed by atoms with Gasteiger partial charge in [-0.2, -0.15) is 0 Å². The first-order valence-electron chi connectivity index (χ1n) is 15.3. The Hall–Kier alpha value is -2.58. The summed E-state index contributed by atoms with van der Waals surface area (Å²) in [6.45, 7) is 29.0. The quantitative estimate of drug-likeness (QED) is 0.361. The molecule has 3 aromatic rings. The van der Waals surface area contributed by atoms with E-state index in [9.17, 15) is 5.11 Å². The predicted octanol–water partition coefficient (Wildman–Crippen LogP) is 9.59. The summed E-state index contributed by atoms with van der Waals surface area (Å²) in [4.78, 5) is 2.68. The Bertz CT molecular complexity index is 1460. The first kappa shape index (κ1) is 27.6. The lowest BCUT2D eigenvalue weighted by Crippen LogP contribution is -2.44. The topological polar surface area (TPSA) is 23.5 Å². The average molecular weight is 536 g/mol. The summed E-state index contributed by atoms with van der Waals surface area (Å²) in [6.07, 6.45) is 1.69. The molecule has 0 saturated heterocycles. The zero-order valence-electron chi connectivity index (χ0n) is 27.0. The molecule has 0 aromatic heterocycles. The second-order valence-electron chi connectivity index (χ2n) is 16.4. The normalized spacial score (nSPS) is 19.0. The van der Waals surface area contributed by atoms with Crippen molar-refractivity contribution < 1.29 is 5.11 Å². The molecule has 6 rings (SSSR count). The zero-order valence-corrected chi connectivity index (χ0v) is 27.0. The van der Waals surface area contributed by atoms with Crippen molar-refractivity contribution in [3.05, 3.63) is 86.5 Å². The van der Waals surface area contributed by atoms with Gasteiger partial charge in [-0.25, -0.2) is 0 Å². The fourth-order valence-electron chi connectivity index (χ4n) is 7.61. The summed E-state index contributed by atoms with van der Waals surface area (Å²) >= 11 is 0. The van der Waals surface area contributed by atoms with Crippen molar-refractivity contribution in [1.82, 2.24) is 0 Å². The van der Waals surface area contributed by atoms with Crippen molar-refractivity contribution in [2.24, 2.45) is 0 Å². The van der Waals surface area contributed by atoms with E-state index < -0.39 is 0 Å². The summed E-state index contributed by atoms with van der Waals surface area (Å²) in [7, 11) is 0. The molecule has 3 heterocycles. The highest BCUT2D eigenvalue weighted by atomic mass is 16.2. The molecule has 0 radical (unpaired) electrons. The van der Waals surface area contributed by atoms with E-state index in [1.807, 2.05) is 0 Å². The summed E-state index contributed by atoms with van der Waals surface area (Å²) in [5, 5.41) is 9.70. The Morgan fingerprint density at radius 1 is 0.550 bits per heavy atom. The van der Waals surface area contributed by atoms with Crippen LogP contribution in [0.25, 0.3) is 0 Å². The van der Waals surface area contributed by atoms with E-state index in [-0.39, 0.29) is 33.7 Å². The van der Waals surface area contributed by atoms with E-state index in [4.69, 9.17) is 0 Å². The maximum Gasteiger partial charge on any atom is 0.0544 e. The molecule has 2 heteroatoms. The largest absolute Gasteiger partial charge is 0.396 e. The van der Waals surface area contributed by atoms with E-state index >= 15 is 0 Å². The number of rotatable bonds is 3. The van der Waals surface area contributed by atoms with Crippen LogP contribution in [0.5, 0.6) is 0 Å². The average Bonchev–Trinajstić information content (AvgIpc) is 2.84. The third kappa shape index (κ3) is 3.50. The van der Waals surface area contributed by atoms with Crippen LogP contribution in [0.2, 0.25) is 0 Å². The summed E-state index contributed by atoms with van der Waals surface area (Å²) in [5.41, 5.74) is 16.7. The first-order valence-corrected chi connectivity index (χ1v) is 15.3. The van der Waals surface area contributed by atoms with Crippen LogP contribution in [0.1, 0.15) is 140 Å². The third-order valence-corrected chi connectivity index (χ3v) is 10.5. The Labute approximate surface area is 242 Å². The number of nitrogens with zero attached hydrogens (tertiary/aromatic N) is 1. The van der Waals surface area contributed by atoms with Crippen molar-refractivity contribution in [3.8, 4) is 0 Å². The van der Waals surface area contributed by atoms with E-state index in [2.05, 4.69) is 124 Å². The van der Waals surface area contributed by atoms with Crippen molar-refractivity contribution >= 4 is 17.1 Å². The van der Waals surface area contributed by atoms with Gasteiger partial charge < -0.3 is 10.0 Å². The number of hydrogen-bond donors (Lipinski definition) is 1. The van der Waals surface area contributed by atoms with E-state index in [1.165, 1.54) is 67.1 Å². The minimum atomic E-state index is -0.145. The van der Waals surface area contributed by atoms with Crippen molar-refractivity contribution in [2.75, 3.05) is 11.5 Å². The summed E-state index contributed by atoms with van der Waals surface area (Å²) in [5.74, 6) is 0. The van der Waals surface area contributed by atoms with Gasteiger partial charge in [0.1, 0.15) is 0 Å². The molecular weight excluding hydrogens is 486 g/mol. The van der Waals surface area contributed by atoms with Crippen LogP contribution < -0.4 is 4.90 Å². The van der Waals surface area contributed by atoms with Gasteiger partial charge >= 0.3 is 0 Å².